The molecule has 78 valence electrons. The quantitative estimate of drug-likeness (QED) is 0.773. The highest BCUT2D eigenvalue weighted by molar-refractivity contribution is 7.98. The van der Waals surface area contributed by atoms with Crippen molar-refractivity contribution < 1.29 is 0 Å². The topological polar surface area (TPSA) is 12.0 Å². The van der Waals surface area contributed by atoms with E-state index < -0.39 is 0 Å². The zero-order chi connectivity index (χ0) is 10.2. The second kappa shape index (κ2) is 6.91. The third-order valence-electron chi connectivity index (χ3n) is 2.33. The van der Waals surface area contributed by atoms with Gasteiger partial charge in [0.1, 0.15) is 0 Å². The van der Waals surface area contributed by atoms with Crippen molar-refractivity contribution in [3.63, 3.8) is 0 Å². The third kappa shape index (κ3) is 4.16. The fourth-order valence-electron chi connectivity index (χ4n) is 1.30. The largest absolute Gasteiger partial charge is 0.316 e. The Morgan fingerprint density at radius 1 is 1.29 bits per heavy atom. The van der Waals surface area contributed by atoms with E-state index in [0.717, 1.165) is 5.75 Å². The number of nitrogens with one attached hydrogen (secondary N) is 1. The van der Waals surface area contributed by atoms with Crippen LogP contribution in [-0.2, 0) is 5.75 Å². The first-order valence-corrected chi connectivity index (χ1v) is 6.31. The van der Waals surface area contributed by atoms with E-state index in [1.165, 1.54) is 17.7 Å². The van der Waals surface area contributed by atoms with Crippen LogP contribution < -0.4 is 5.32 Å². The number of rotatable bonds is 6. The maximum absolute atomic E-state index is 3.32. The third-order valence-corrected chi connectivity index (χ3v) is 3.51. The Hall–Kier alpha value is -0.470. The highest BCUT2D eigenvalue weighted by atomic mass is 32.2. The molecule has 1 rings (SSSR count). The van der Waals surface area contributed by atoms with E-state index in [2.05, 4.69) is 42.6 Å². The maximum Gasteiger partial charge on any atom is 0.0185 e. The minimum atomic E-state index is 0.656. The first-order chi connectivity index (χ1) is 6.86. The van der Waals surface area contributed by atoms with Crippen molar-refractivity contribution >= 4 is 11.8 Å². The average Bonchev–Trinajstić information content (AvgIpc) is 2.26. The van der Waals surface area contributed by atoms with Gasteiger partial charge in [0.15, 0.2) is 0 Å². The lowest BCUT2D eigenvalue weighted by molar-refractivity contribution is 0.602. The van der Waals surface area contributed by atoms with Crippen LogP contribution in [0.3, 0.4) is 0 Å². The molecule has 1 nitrogen and oxygen atoms in total. The molecule has 0 bridgehead atoms. The molecule has 1 N–H and O–H groups in total. The lowest BCUT2D eigenvalue weighted by Crippen LogP contribution is -2.26. The molecule has 1 aromatic carbocycles. The van der Waals surface area contributed by atoms with Crippen LogP contribution in [-0.4, -0.2) is 18.8 Å². The second-order valence-electron chi connectivity index (χ2n) is 3.39. The van der Waals surface area contributed by atoms with Gasteiger partial charge in [-0.2, -0.15) is 11.8 Å². The minimum Gasteiger partial charge on any atom is -0.316 e. The van der Waals surface area contributed by atoms with E-state index >= 15 is 0 Å². The fraction of sp³-hybridized carbons (Fsp3) is 0.500. The lowest BCUT2D eigenvalue weighted by Gasteiger charge is -2.12. The molecule has 0 saturated heterocycles. The lowest BCUT2D eigenvalue weighted by atomic mass is 10.2. The predicted molar refractivity (Wildman–Crippen MR) is 65.7 cm³/mol. The summed E-state index contributed by atoms with van der Waals surface area (Å²) in [6.45, 7) is 2.23. The zero-order valence-corrected chi connectivity index (χ0v) is 9.81. The number of hydrogen-bond acceptors (Lipinski definition) is 2. The highest BCUT2D eigenvalue weighted by Crippen LogP contribution is 2.13. The zero-order valence-electron chi connectivity index (χ0n) is 8.99. The molecule has 0 heterocycles. The smallest absolute Gasteiger partial charge is 0.0185 e. The summed E-state index contributed by atoms with van der Waals surface area (Å²) in [6, 6.07) is 11.3. The van der Waals surface area contributed by atoms with Crippen molar-refractivity contribution in [1.29, 1.82) is 0 Å². The van der Waals surface area contributed by atoms with Crippen LogP contribution >= 0.6 is 11.8 Å². The van der Waals surface area contributed by atoms with Gasteiger partial charge in [-0.3, -0.25) is 0 Å². The van der Waals surface area contributed by atoms with Crippen molar-refractivity contribution in [2.45, 2.75) is 25.1 Å². The van der Waals surface area contributed by atoms with Gasteiger partial charge in [-0.05, 0) is 19.0 Å². The van der Waals surface area contributed by atoms with Gasteiger partial charge >= 0.3 is 0 Å². The summed E-state index contributed by atoms with van der Waals surface area (Å²) < 4.78 is 0. The SMILES string of the molecule is CCC(CSCc1ccccc1)NC. The van der Waals surface area contributed by atoms with E-state index in [1.54, 1.807) is 0 Å². The van der Waals surface area contributed by atoms with Gasteiger partial charge in [-0.25, -0.2) is 0 Å². The molecule has 2 heteroatoms. The summed E-state index contributed by atoms with van der Waals surface area (Å²) in [5, 5.41) is 3.32. The van der Waals surface area contributed by atoms with E-state index in [0.29, 0.717) is 6.04 Å². The summed E-state index contributed by atoms with van der Waals surface area (Å²) >= 11 is 2.00. The molecule has 0 aromatic heterocycles. The number of hydrogen-bond donors (Lipinski definition) is 1. The Kier molecular flexibility index (Phi) is 5.72. The normalized spacial score (nSPS) is 12.7. The fourth-order valence-corrected chi connectivity index (χ4v) is 2.53. The number of thioether (sulfide) groups is 1. The van der Waals surface area contributed by atoms with Gasteiger partial charge in [-0.15, -0.1) is 0 Å². The molecule has 0 aliphatic heterocycles. The van der Waals surface area contributed by atoms with Crippen LogP contribution in [0.4, 0.5) is 0 Å². The van der Waals surface area contributed by atoms with Gasteiger partial charge < -0.3 is 5.32 Å². The van der Waals surface area contributed by atoms with Gasteiger partial charge in [0.2, 0.25) is 0 Å². The second-order valence-corrected chi connectivity index (χ2v) is 4.42. The summed E-state index contributed by atoms with van der Waals surface area (Å²) in [7, 11) is 2.04. The standard InChI is InChI=1S/C12H19NS/c1-3-12(13-2)10-14-9-11-7-5-4-6-8-11/h4-8,12-13H,3,9-10H2,1-2H3. The Morgan fingerprint density at radius 3 is 2.57 bits per heavy atom. The molecule has 14 heavy (non-hydrogen) atoms. The molecule has 1 unspecified atom stereocenters. The molecule has 0 aliphatic carbocycles. The Labute approximate surface area is 91.3 Å². The van der Waals surface area contributed by atoms with Gasteiger partial charge in [0, 0.05) is 17.5 Å². The first-order valence-electron chi connectivity index (χ1n) is 5.15. The summed E-state index contributed by atoms with van der Waals surface area (Å²) in [4.78, 5) is 0. The van der Waals surface area contributed by atoms with Gasteiger partial charge in [0.25, 0.3) is 0 Å². The van der Waals surface area contributed by atoms with Crippen LogP contribution in [0, 0.1) is 0 Å². The molecule has 1 aromatic rings. The summed E-state index contributed by atoms with van der Waals surface area (Å²) in [5.41, 5.74) is 1.42. The molecular formula is C12H19NS. The van der Waals surface area contributed by atoms with Gasteiger partial charge in [-0.1, -0.05) is 37.3 Å². The van der Waals surface area contributed by atoms with E-state index in [4.69, 9.17) is 0 Å². The Balaban J connectivity index is 2.21. The number of benzene rings is 1. The molecule has 0 aliphatic rings. The van der Waals surface area contributed by atoms with Crippen LogP contribution in [0.25, 0.3) is 0 Å². The Morgan fingerprint density at radius 2 is 2.00 bits per heavy atom. The van der Waals surface area contributed by atoms with Crippen LogP contribution in [0.5, 0.6) is 0 Å². The van der Waals surface area contributed by atoms with Gasteiger partial charge in [0.05, 0.1) is 0 Å². The van der Waals surface area contributed by atoms with E-state index in [1.807, 2.05) is 18.8 Å². The maximum atomic E-state index is 3.32. The highest BCUT2D eigenvalue weighted by Gasteiger charge is 2.02. The van der Waals surface area contributed by atoms with Crippen molar-refractivity contribution in [2.75, 3.05) is 12.8 Å². The van der Waals surface area contributed by atoms with E-state index in [9.17, 15) is 0 Å². The van der Waals surface area contributed by atoms with Crippen LogP contribution in [0.15, 0.2) is 30.3 Å². The monoisotopic (exact) mass is 209 g/mol. The summed E-state index contributed by atoms with van der Waals surface area (Å²) in [5.74, 6) is 2.32. The van der Waals surface area contributed by atoms with E-state index in [-0.39, 0.29) is 0 Å². The predicted octanol–water partition coefficient (Wildman–Crippen LogP) is 2.92. The molecule has 0 fully saturated rings. The minimum absolute atomic E-state index is 0.656. The van der Waals surface area contributed by atoms with Crippen molar-refractivity contribution in [3.05, 3.63) is 35.9 Å². The van der Waals surface area contributed by atoms with Crippen LogP contribution in [0.1, 0.15) is 18.9 Å². The van der Waals surface area contributed by atoms with Crippen molar-refractivity contribution in [3.8, 4) is 0 Å². The first kappa shape index (κ1) is 11.6. The molecule has 0 spiro atoms. The molecule has 1 atom stereocenters. The van der Waals surface area contributed by atoms with Crippen molar-refractivity contribution in [1.82, 2.24) is 5.32 Å². The summed E-state index contributed by atoms with van der Waals surface area (Å²) in [6.07, 6.45) is 1.21. The molecular weight excluding hydrogens is 190 g/mol. The average molecular weight is 209 g/mol. The Bertz CT molecular complexity index is 231. The molecule has 0 radical (unpaired) electrons. The van der Waals surface area contributed by atoms with Crippen molar-refractivity contribution in [2.24, 2.45) is 0 Å². The van der Waals surface area contributed by atoms with Crippen LogP contribution in [0.2, 0.25) is 0 Å². The molecule has 0 saturated carbocycles. The molecule has 0 amide bonds.